The first-order valence-corrected chi connectivity index (χ1v) is 13.9. The van der Waals surface area contributed by atoms with E-state index in [0.29, 0.717) is 12.8 Å². The molecule has 7 nitrogen and oxygen atoms in total. The predicted molar refractivity (Wildman–Crippen MR) is 145 cm³/mol. The molecule has 3 aromatic rings. The molecule has 2 atom stereocenters. The number of carboxylic acid groups (broad SMARTS) is 1. The molecule has 8 heteroatoms. The lowest BCUT2D eigenvalue weighted by Crippen LogP contribution is -2.59. The fourth-order valence-corrected chi connectivity index (χ4v) is 7.35. The second-order valence-electron chi connectivity index (χ2n) is 10.4. The zero-order valence-corrected chi connectivity index (χ0v) is 22.5. The van der Waals surface area contributed by atoms with Gasteiger partial charge in [0.05, 0.1) is 5.60 Å². The summed E-state index contributed by atoms with van der Waals surface area (Å²) in [5.74, 6) is -1.01. The van der Waals surface area contributed by atoms with Crippen LogP contribution < -0.4 is 0 Å². The van der Waals surface area contributed by atoms with Crippen molar-refractivity contribution in [3.63, 3.8) is 0 Å². The number of rotatable bonds is 6. The molecule has 3 aliphatic rings. The van der Waals surface area contributed by atoms with Crippen molar-refractivity contribution in [1.29, 1.82) is 0 Å². The molecule has 6 rings (SSSR count). The van der Waals surface area contributed by atoms with Crippen molar-refractivity contribution in [2.24, 2.45) is 0 Å². The Labute approximate surface area is 229 Å². The summed E-state index contributed by atoms with van der Waals surface area (Å²) < 4.78 is 13.0. The molecule has 0 saturated carbocycles. The number of pyridine rings is 1. The van der Waals surface area contributed by atoms with Crippen LogP contribution >= 0.6 is 15.9 Å². The molecule has 2 unspecified atom stereocenters. The lowest BCUT2D eigenvalue weighted by atomic mass is 9.72. The fourth-order valence-electron chi connectivity index (χ4n) is 6.74. The van der Waals surface area contributed by atoms with Crippen LogP contribution in [0.15, 0.2) is 71.5 Å². The highest BCUT2D eigenvalue weighted by Crippen LogP contribution is 2.49. The molecule has 1 aromatic heterocycles. The maximum absolute atomic E-state index is 13.6. The molecule has 2 aromatic carbocycles. The number of hydrogen-bond donors (Lipinski definition) is 1. The van der Waals surface area contributed by atoms with E-state index >= 15 is 0 Å². The van der Waals surface area contributed by atoms with Crippen molar-refractivity contribution < 1.29 is 24.2 Å². The molecular weight excluding hydrogens is 548 g/mol. The van der Waals surface area contributed by atoms with Crippen LogP contribution in [0.5, 0.6) is 0 Å². The Morgan fingerprint density at radius 3 is 2.24 bits per heavy atom. The van der Waals surface area contributed by atoms with Gasteiger partial charge in [-0.1, -0.05) is 48.5 Å². The molecular formula is C30H29BrN2O5. The van der Waals surface area contributed by atoms with Crippen LogP contribution in [0.4, 0.5) is 4.79 Å². The largest absolute Gasteiger partial charge is 0.480 e. The fraction of sp³-hybridized carbons (Fsp3) is 0.367. The number of piperidine rings is 2. The lowest BCUT2D eigenvalue weighted by molar-refractivity contribution is -0.163. The molecule has 2 bridgehead atoms. The zero-order chi connectivity index (χ0) is 26.3. The number of aromatic nitrogens is 1. The van der Waals surface area contributed by atoms with Crippen molar-refractivity contribution in [3.8, 4) is 11.1 Å². The Balaban J connectivity index is 1.23. The Bertz CT molecular complexity index is 1320. The van der Waals surface area contributed by atoms with E-state index in [9.17, 15) is 14.7 Å². The number of aliphatic carboxylic acids is 1. The van der Waals surface area contributed by atoms with Crippen LogP contribution in [-0.4, -0.2) is 52.4 Å². The zero-order valence-electron chi connectivity index (χ0n) is 20.9. The first kappa shape index (κ1) is 25.1. The Hall–Kier alpha value is -3.23. The average Bonchev–Trinajstić information content (AvgIpc) is 3.24. The van der Waals surface area contributed by atoms with Gasteiger partial charge in [-0.2, -0.15) is 0 Å². The van der Waals surface area contributed by atoms with Gasteiger partial charge in [0.25, 0.3) is 0 Å². The maximum Gasteiger partial charge on any atom is 0.410 e. The molecule has 2 saturated heterocycles. The van der Waals surface area contributed by atoms with Gasteiger partial charge in [-0.05, 0) is 63.5 Å². The number of carbonyl (C=O) groups is 2. The van der Waals surface area contributed by atoms with Gasteiger partial charge >= 0.3 is 12.1 Å². The Morgan fingerprint density at radius 1 is 1.00 bits per heavy atom. The third-order valence-electron chi connectivity index (χ3n) is 8.27. The first-order chi connectivity index (χ1) is 18.5. The minimum atomic E-state index is -1.02. The summed E-state index contributed by atoms with van der Waals surface area (Å²) in [5, 5.41) is 9.40. The Morgan fingerprint density at radius 2 is 1.63 bits per heavy atom. The summed E-state index contributed by atoms with van der Waals surface area (Å²) in [6.45, 7) is -0.126. The third-order valence-corrected chi connectivity index (χ3v) is 8.91. The van der Waals surface area contributed by atoms with E-state index in [2.05, 4.69) is 45.2 Å². The molecule has 3 heterocycles. The summed E-state index contributed by atoms with van der Waals surface area (Å²) in [6, 6.07) is 18.3. The van der Waals surface area contributed by atoms with Crippen LogP contribution in [0, 0.1) is 0 Å². The average molecular weight is 577 g/mol. The van der Waals surface area contributed by atoms with Crippen molar-refractivity contribution in [2.75, 3.05) is 13.2 Å². The van der Waals surface area contributed by atoms with Crippen LogP contribution in [0.1, 0.15) is 54.7 Å². The predicted octanol–water partition coefficient (Wildman–Crippen LogP) is 6.11. The monoisotopic (exact) mass is 576 g/mol. The first-order valence-electron chi connectivity index (χ1n) is 13.1. The minimum absolute atomic E-state index is 0.00162. The Kier molecular flexibility index (Phi) is 6.70. The standard InChI is InChI=1S/C30H29BrN2O5/c31-27-16-32-13-12-26(27)30(38-18-28(34)35)14-19-6-5-7-20(15-30)33(19)29(36)37-17-25-23-10-3-1-8-21(23)22-9-2-4-11-24(22)25/h1-4,8-13,16,19-20,25H,5-7,14-15,17-18H2,(H,34,35). The summed E-state index contributed by atoms with van der Waals surface area (Å²) in [4.78, 5) is 31.2. The smallest absolute Gasteiger partial charge is 0.410 e. The van der Waals surface area contributed by atoms with Gasteiger partial charge in [-0.25, -0.2) is 9.59 Å². The SMILES string of the molecule is O=C(O)COC1(c2ccncc2Br)CC2CCCC(C1)N2C(=O)OCC1c2ccccc2-c2ccccc21. The number of benzene rings is 2. The van der Waals surface area contributed by atoms with Gasteiger partial charge in [-0.15, -0.1) is 0 Å². The molecule has 2 fully saturated rings. The van der Waals surface area contributed by atoms with Gasteiger partial charge in [0.1, 0.15) is 13.2 Å². The normalized spacial score (nSPS) is 24.0. The highest BCUT2D eigenvalue weighted by molar-refractivity contribution is 9.10. The van der Waals surface area contributed by atoms with E-state index in [-0.39, 0.29) is 30.7 Å². The van der Waals surface area contributed by atoms with E-state index in [0.717, 1.165) is 29.3 Å². The quantitative estimate of drug-likeness (QED) is 0.381. The summed E-state index contributed by atoms with van der Waals surface area (Å²) in [5.41, 5.74) is 4.81. The van der Waals surface area contributed by atoms with Gasteiger partial charge in [0.2, 0.25) is 0 Å². The number of carboxylic acids is 1. The van der Waals surface area contributed by atoms with Crippen LogP contribution in [0.3, 0.4) is 0 Å². The molecule has 1 N–H and O–H groups in total. The summed E-state index contributed by atoms with van der Waals surface area (Å²) in [6.07, 6.45) is 6.75. The number of amides is 1. The van der Waals surface area contributed by atoms with Crippen molar-refractivity contribution in [1.82, 2.24) is 9.88 Å². The maximum atomic E-state index is 13.6. The van der Waals surface area contributed by atoms with Crippen molar-refractivity contribution >= 4 is 28.0 Å². The number of ether oxygens (including phenoxy) is 2. The van der Waals surface area contributed by atoms with Crippen molar-refractivity contribution in [3.05, 3.63) is 88.2 Å². The number of carbonyl (C=O) groups excluding carboxylic acids is 1. The molecule has 196 valence electrons. The van der Waals surface area contributed by atoms with Crippen molar-refractivity contribution in [2.45, 2.75) is 55.7 Å². The highest BCUT2D eigenvalue weighted by atomic mass is 79.9. The molecule has 1 amide bonds. The second-order valence-corrected chi connectivity index (χ2v) is 11.2. The number of hydrogen-bond acceptors (Lipinski definition) is 5. The number of fused-ring (bicyclic) bond motifs is 5. The van der Waals surface area contributed by atoms with Gasteiger partial charge < -0.3 is 19.5 Å². The molecule has 38 heavy (non-hydrogen) atoms. The summed E-state index contributed by atoms with van der Waals surface area (Å²) >= 11 is 3.59. The van der Waals surface area contributed by atoms with Gasteiger partial charge in [0, 0.05) is 53.3 Å². The molecule has 1 aliphatic carbocycles. The van der Waals surface area contributed by atoms with Gasteiger partial charge in [0.15, 0.2) is 0 Å². The van der Waals surface area contributed by atoms with Crippen LogP contribution in [0.2, 0.25) is 0 Å². The highest BCUT2D eigenvalue weighted by Gasteiger charge is 2.51. The lowest BCUT2D eigenvalue weighted by Gasteiger charge is -2.53. The van der Waals surface area contributed by atoms with E-state index in [1.807, 2.05) is 35.2 Å². The van der Waals surface area contributed by atoms with E-state index in [1.165, 1.54) is 22.3 Å². The number of halogens is 1. The number of nitrogens with zero attached hydrogens (tertiary/aromatic N) is 2. The topological polar surface area (TPSA) is 89.0 Å². The molecule has 2 aliphatic heterocycles. The van der Waals surface area contributed by atoms with Gasteiger partial charge in [-0.3, -0.25) is 4.98 Å². The minimum Gasteiger partial charge on any atom is -0.480 e. The summed E-state index contributed by atoms with van der Waals surface area (Å²) in [7, 11) is 0. The van der Waals surface area contributed by atoms with Crippen LogP contribution in [-0.2, 0) is 19.9 Å². The molecule has 0 spiro atoms. The second kappa shape index (κ2) is 10.2. The van der Waals surface area contributed by atoms with E-state index in [1.54, 1.807) is 12.4 Å². The van der Waals surface area contributed by atoms with E-state index < -0.39 is 18.2 Å². The van der Waals surface area contributed by atoms with Crippen LogP contribution in [0.25, 0.3) is 11.1 Å². The van der Waals surface area contributed by atoms with E-state index in [4.69, 9.17) is 9.47 Å². The molecule has 0 radical (unpaired) electrons. The third kappa shape index (κ3) is 4.39.